The van der Waals surface area contributed by atoms with E-state index in [1.54, 1.807) is 19.2 Å². The van der Waals surface area contributed by atoms with Gasteiger partial charge in [0.1, 0.15) is 6.54 Å². The van der Waals surface area contributed by atoms with E-state index < -0.39 is 37.0 Å². The number of likely N-dealkylation sites (N-methyl/N-ethyl adjacent to an activating group) is 1. The fraction of sp³-hybridized carbons (Fsp3) is 0.459. The number of allylic oxidation sites excluding steroid dienone is 6. The summed E-state index contributed by atoms with van der Waals surface area (Å²) in [6.07, 6.45) is 12.2. The van der Waals surface area contributed by atoms with Gasteiger partial charge in [-0.2, -0.15) is 21.4 Å². The van der Waals surface area contributed by atoms with Crippen LogP contribution in [0, 0.1) is 0 Å². The maximum Gasteiger partial charge on any atom is 0.303 e. The molecule has 0 fully saturated rings. The molecule has 2 aromatic carbocycles. The molecule has 14 heteroatoms. The number of ether oxygens (including phenoxy) is 2. The van der Waals surface area contributed by atoms with Gasteiger partial charge in [0.2, 0.25) is 5.69 Å². The minimum Gasteiger partial charge on any atom is -0.481 e. The van der Waals surface area contributed by atoms with E-state index in [0.29, 0.717) is 58.6 Å². The molecule has 3 N–H and O–H groups in total. The van der Waals surface area contributed by atoms with E-state index in [1.807, 2.05) is 58.1 Å². The molecule has 0 aliphatic carbocycles. The number of anilines is 1. The Morgan fingerprint density at radius 3 is 2.18 bits per heavy atom. The minimum atomic E-state index is -4.47. The zero-order valence-corrected chi connectivity index (χ0v) is 31.5. The molecule has 2 aliphatic heterocycles. The normalized spacial score (nSPS) is 19.5. The van der Waals surface area contributed by atoms with Gasteiger partial charge in [0.25, 0.3) is 20.2 Å². The standard InChI is InChI=1S/C37H48N2O10S2/c1-6-38-31-18-16-27(50(42,43)44)25-29(31)36(2,3)33(38)13-9-7-10-14-34-37(4,20-22-49-24-23-48-5)30-26-28(51(45,46)47)17-19-32(30)39(34)21-12-8-11-15-35(40)41/h7,9-10,13-14,16-19,25-26H,6,8,11-12,15,20-24H2,1-5H3,(H2-,40,41,42,43,44,45,46,47)/p+1. The summed E-state index contributed by atoms with van der Waals surface area (Å²) in [5.74, 6) is -0.841. The molecule has 0 radical (unpaired) electrons. The monoisotopic (exact) mass is 745 g/mol. The number of carbonyl (C=O) groups is 1. The maximum atomic E-state index is 12.2. The second kappa shape index (κ2) is 16.3. The number of fused-ring (bicyclic) bond motifs is 2. The first-order valence-corrected chi connectivity index (χ1v) is 19.9. The number of unbranched alkanes of at least 4 members (excludes halogenated alkanes) is 2. The number of carboxylic acids is 1. The van der Waals surface area contributed by atoms with Crippen LogP contribution in [-0.4, -0.2) is 87.3 Å². The molecule has 2 aromatic rings. The lowest BCUT2D eigenvalue weighted by molar-refractivity contribution is -0.438. The number of rotatable bonds is 18. The first-order valence-electron chi connectivity index (χ1n) is 17.0. The Kier molecular flexibility index (Phi) is 12.9. The number of aliphatic carboxylic acids is 1. The molecule has 2 aliphatic rings. The van der Waals surface area contributed by atoms with Crippen molar-refractivity contribution in [3.05, 3.63) is 83.6 Å². The SMILES string of the molecule is CCN1/C(=C/C=C/C=C/C2=[N+](CCCCCC(=O)O)c3ccc(S(=O)(=O)O)cc3C2(C)CCOCCOC)C(C)(C)c2cc(S(=O)(=O)O)ccc21. The van der Waals surface area contributed by atoms with Crippen LogP contribution >= 0.6 is 0 Å². The Labute approximate surface area is 301 Å². The fourth-order valence-electron chi connectivity index (χ4n) is 6.95. The molecule has 0 amide bonds. The Hall–Kier alpha value is -3.66. The van der Waals surface area contributed by atoms with Crippen molar-refractivity contribution in [2.24, 2.45) is 0 Å². The van der Waals surface area contributed by atoms with Gasteiger partial charge >= 0.3 is 5.97 Å². The molecule has 12 nitrogen and oxygen atoms in total. The van der Waals surface area contributed by atoms with Crippen LogP contribution in [0.25, 0.3) is 0 Å². The van der Waals surface area contributed by atoms with Gasteiger partial charge < -0.3 is 19.5 Å². The molecule has 1 unspecified atom stereocenters. The predicted octanol–water partition coefficient (Wildman–Crippen LogP) is 6.05. The lowest BCUT2D eigenvalue weighted by Crippen LogP contribution is -2.33. The lowest BCUT2D eigenvalue weighted by atomic mass is 9.76. The lowest BCUT2D eigenvalue weighted by Gasteiger charge is -2.25. The fourth-order valence-corrected chi connectivity index (χ4v) is 7.97. The molecule has 0 spiro atoms. The predicted molar refractivity (Wildman–Crippen MR) is 195 cm³/mol. The molecular formula is C37H49N2O10S2+. The number of benzene rings is 2. The summed E-state index contributed by atoms with van der Waals surface area (Å²) in [5, 5.41) is 9.09. The molecular weight excluding hydrogens is 697 g/mol. The summed E-state index contributed by atoms with van der Waals surface area (Å²) < 4.78 is 80.8. The highest BCUT2D eigenvalue weighted by Gasteiger charge is 2.48. The van der Waals surface area contributed by atoms with Gasteiger partial charge in [-0.05, 0) is 75.1 Å². The smallest absolute Gasteiger partial charge is 0.303 e. The number of nitrogens with zero attached hydrogens (tertiary/aromatic N) is 2. The molecule has 51 heavy (non-hydrogen) atoms. The van der Waals surface area contributed by atoms with Crippen LogP contribution in [0.4, 0.5) is 11.4 Å². The maximum absolute atomic E-state index is 12.2. The zero-order chi connectivity index (χ0) is 37.6. The van der Waals surface area contributed by atoms with E-state index in [1.165, 1.54) is 24.3 Å². The molecule has 0 saturated heterocycles. The van der Waals surface area contributed by atoms with Crippen LogP contribution in [-0.2, 0) is 45.3 Å². The van der Waals surface area contributed by atoms with Gasteiger partial charge in [0, 0.05) is 67.6 Å². The highest BCUT2D eigenvalue weighted by Crippen LogP contribution is 2.48. The van der Waals surface area contributed by atoms with Gasteiger partial charge in [0.05, 0.1) is 28.4 Å². The topological polar surface area (TPSA) is 171 Å². The van der Waals surface area contributed by atoms with E-state index in [2.05, 4.69) is 9.48 Å². The molecule has 0 bridgehead atoms. The Morgan fingerprint density at radius 2 is 1.55 bits per heavy atom. The van der Waals surface area contributed by atoms with Crippen molar-refractivity contribution < 1.29 is 49.9 Å². The van der Waals surface area contributed by atoms with Crippen LogP contribution < -0.4 is 4.90 Å². The summed E-state index contributed by atoms with van der Waals surface area (Å²) in [6, 6.07) is 9.25. The van der Waals surface area contributed by atoms with Gasteiger partial charge in [-0.3, -0.25) is 13.9 Å². The van der Waals surface area contributed by atoms with Crippen LogP contribution in [0.5, 0.6) is 0 Å². The summed E-state index contributed by atoms with van der Waals surface area (Å²) in [6.45, 7) is 10.4. The van der Waals surface area contributed by atoms with Crippen LogP contribution in [0.3, 0.4) is 0 Å². The Morgan fingerprint density at radius 1 is 0.882 bits per heavy atom. The number of carboxylic acid groups (broad SMARTS) is 1. The summed E-state index contributed by atoms with van der Waals surface area (Å²) >= 11 is 0. The van der Waals surface area contributed by atoms with Gasteiger partial charge in [0.15, 0.2) is 5.71 Å². The second-order valence-corrected chi connectivity index (χ2v) is 16.2. The molecule has 2 heterocycles. The summed E-state index contributed by atoms with van der Waals surface area (Å²) in [7, 11) is -7.24. The summed E-state index contributed by atoms with van der Waals surface area (Å²) in [4.78, 5) is 12.8. The number of methoxy groups -OCH3 is 1. The second-order valence-electron chi connectivity index (χ2n) is 13.4. The number of hydrogen-bond donors (Lipinski definition) is 3. The van der Waals surface area contributed by atoms with Crippen molar-refractivity contribution in [2.45, 2.75) is 80.4 Å². The third-order valence-corrected chi connectivity index (χ3v) is 11.4. The van der Waals surface area contributed by atoms with Crippen LogP contribution in [0.15, 0.2) is 82.3 Å². The van der Waals surface area contributed by atoms with Crippen molar-refractivity contribution in [1.29, 1.82) is 0 Å². The summed E-state index contributed by atoms with van der Waals surface area (Å²) in [5.41, 5.74) is 3.81. The quantitative estimate of drug-likeness (QED) is 0.0703. The molecule has 0 aromatic heterocycles. The third kappa shape index (κ3) is 9.05. The van der Waals surface area contributed by atoms with Gasteiger partial charge in [-0.15, -0.1) is 0 Å². The minimum absolute atomic E-state index is 0.0840. The van der Waals surface area contributed by atoms with E-state index in [4.69, 9.17) is 14.6 Å². The first kappa shape index (κ1) is 40.1. The zero-order valence-electron chi connectivity index (χ0n) is 29.8. The van der Waals surface area contributed by atoms with Crippen LogP contribution in [0.2, 0.25) is 0 Å². The Balaban J connectivity index is 1.71. The third-order valence-electron chi connectivity index (χ3n) is 9.67. The van der Waals surface area contributed by atoms with E-state index in [9.17, 15) is 30.7 Å². The molecule has 278 valence electrons. The van der Waals surface area contributed by atoms with Crippen LogP contribution in [0.1, 0.15) is 70.9 Å². The first-order chi connectivity index (χ1) is 24.0. The Bertz CT molecular complexity index is 1960. The number of hydrogen-bond acceptors (Lipinski definition) is 8. The van der Waals surface area contributed by atoms with Crippen molar-refractivity contribution in [1.82, 2.24) is 0 Å². The van der Waals surface area contributed by atoms with Crippen molar-refractivity contribution in [3.63, 3.8) is 0 Å². The highest BCUT2D eigenvalue weighted by atomic mass is 32.2. The van der Waals surface area contributed by atoms with Crippen molar-refractivity contribution in [3.8, 4) is 0 Å². The molecule has 1 atom stereocenters. The average molecular weight is 746 g/mol. The molecule has 4 rings (SSSR count). The van der Waals surface area contributed by atoms with E-state index in [0.717, 1.165) is 33.9 Å². The largest absolute Gasteiger partial charge is 0.481 e. The van der Waals surface area contributed by atoms with Gasteiger partial charge in [-0.25, -0.2) is 0 Å². The van der Waals surface area contributed by atoms with Crippen molar-refractivity contribution in [2.75, 3.05) is 44.9 Å². The van der Waals surface area contributed by atoms with Gasteiger partial charge in [-0.1, -0.05) is 32.1 Å². The van der Waals surface area contributed by atoms with E-state index >= 15 is 0 Å². The average Bonchev–Trinajstić information content (AvgIpc) is 3.42. The molecule has 0 saturated carbocycles. The van der Waals surface area contributed by atoms with Crippen molar-refractivity contribution >= 4 is 43.3 Å². The van der Waals surface area contributed by atoms with E-state index in [-0.39, 0.29) is 16.2 Å². The highest BCUT2D eigenvalue weighted by molar-refractivity contribution is 7.86.